The number of hydrogen-bond acceptors (Lipinski definition) is 4. The molecule has 5 nitrogen and oxygen atoms in total. The first-order valence-corrected chi connectivity index (χ1v) is 8.78. The molecule has 0 saturated heterocycles. The molecular weight excluding hydrogens is 340 g/mol. The molecule has 0 aliphatic heterocycles. The van der Waals surface area contributed by atoms with Gasteiger partial charge in [0.15, 0.2) is 0 Å². The lowest BCUT2D eigenvalue weighted by Crippen LogP contribution is -2.04. The molecule has 27 heavy (non-hydrogen) atoms. The first-order valence-electron chi connectivity index (χ1n) is 8.78. The van der Waals surface area contributed by atoms with Gasteiger partial charge in [0, 0.05) is 29.9 Å². The van der Waals surface area contributed by atoms with Gasteiger partial charge in [-0.25, -0.2) is 0 Å². The molecule has 0 radical (unpaired) electrons. The van der Waals surface area contributed by atoms with Gasteiger partial charge >= 0.3 is 0 Å². The SMILES string of the molecule is Cc1ccc(NCc2ccccc2OCc2ccc([N+](=O)[O-])cc2)c(C)c1. The lowest BCUT2D eigenvalue weighted by atomic mass is 10.1. The Morgan fingerprint density at radius 2 is 1.74 bits per heavy atom. The summed E-state index contributed by atoms with van der Waals surface area (Å²) in [6.07, 6.45) is 0. The molecule has 0 aromatic heterocycles. The van der Waals surface area contributed by atoms with Gasteiger partial charge in [-0.15, -0.1) is 0 Å². The second-order valence-electron chi connectivity index (χ2n) is 6.49. The molecule has 1 N–H and O–H groups in total. The Morgan fingerprint density at radius 3 is 2.44 bits per heavy atom. The van der Waals surface area contributed by atoms with Crippen molar-refractivity contribution < 1.29 is 9.66 Å². The number of para-hydroxylation sites is 1. The molecule has 0 atom stereocenters. The van der Waals surface area contributed by atoms with Crippen LogP contribution in [-0.4, -0.2) is 4.92 Å². The van der Waals surface area contributed by atoms with Crippen molar-refractivity contribution in [2.45, 2.75) is 27.0 Å². The van der Waals surface area contributed by atoms with E-state index in [1.54, 1.807) is 12.1 Å². The van der Waals surface area contributed by atoms with Crippen molar-refractivity contribution in [2.24, 2.45) is 0 Å². The quantitative estimate of drug-likeness (QED) is 0.451. The minimum absolute atomic E-state index is 0.0804. The summed E-state index contributed by atoms with van der Waals surface area (Å²) in [6.45, 7) is 5.18. The van der Waals surface area contributed by atoms with E-state index < -0.39 is 4.92 Å². The van der Waals surface area contributed by atoms with Crippen LogP contribution < -0.4 is 10.1 Å². The van der Waals surface area contributed by atoms with E-state index in [9.17, 15) is 10.1 Å². The van der Waals surface area contributed by atoms with Crippen LogP contribution >= 0.6 is 0 Å². The molecule has 3 aromatic carbocycles. The van der Waals surface area contributed by atoms with Gasteiger partial charge in [-0.05, 0) is 49.2 Å². The highest BCUT2D eigenvalue weighted by atomic mass is 16.6. The van der Waals surface area contributed by atoms with Crippen LogP contribution in [0.4, 0.5) is 11.4 Å². The third-order valence-electron chi connectivity index (χ3n) is 4.37. The Labute approximate surface area is 158 Å². The molecule has 0 unspecified atom stereocenters. The van der Waals surface area contributed by atoms with Gasteiger partial charge in [0.1, 0.15) is 12.4 Å². The first-order chi connectivity index (χ1) is 13.0. The molecule has 0 heterocycles. The van der Waals surface area contributed by atoms with Crippen LogP contribution in [0.3, 0.4) is 0 Å². The van der Waals surface area contributed by atoms with Gasteiger partial charge in [-0.2, -0.15) is 0 Å². The average molecular weight is 362 g/mol. The molecule has 0 saturated carbocycles. The maximum Gasteiger partial charge on any atom is 0.269 e. The van der Waals surface area contributed by atoms with Gasteiger partial charge in [0.25, 0.3) is 5.69 Å². The van der Waals surface area contributed by atoms with E-state index >= 15 is 0 Å². The van der Waals surface area contributed by atoms with Crippen LogP contribution in [-0.2, 0) is 13.2 Å². The van der Waals surface area contributed by atoms with Gasteiger partial charge in [0.2, 0.25) is 0 Å². The minimum Gasteiger partial charge on any atom is -0.489 e. The largest absolute Gasteiger partial charge is 0.489 e. The van der Waals surface area contributed by atoms with E-state index in [-0.39, 0.29) is 5.69 Å². The molecule has 0 bridgehead atoms. The second-order valence-corrected chi connectivity index (χ2v) is 6.49. The number of ether oxygens (including phenoxy) is 1. The van der Waals surface area contributed by atoms with Crippen molar-refractivity contribution in [2.75, 3.05) is 5.32 Å². The van der Waals surface area contributed by atoms with Crippen molar-refractivity contribution in [3.63, 3.8) is 0 Å². The zero-order chi connectivity index (χ0) is 19.2. The van der Waals surface area contributed by atoms with Crippen LogP contribution in [0, 0.1) is 24.0 Å². The van der Waals surface area contributed by atoms with E-state index in [1.807, 2.05) is 24.3 Å². The number of anilines is 1. The monoisotopic (exact) mass is 362 g/mol. The summed E-state index contributed by atoms with van der Waals surface area (Å²) < 4.78 is 5.95. The van der Waals surface area contributed by atoms with Crippen molar-refractivity contribution >= 4 is 11.4 Å². The van der Waals surface area contributed by atoms with E-state index in [2.05, 4.69) is 37.4 Å². The van der Waals surface area contributed by atoms with Crippen LogP contribution in [0.15, 0.2) is 66.7 Å². The van der Waals surface area contributed by atoms with E-state index in [1.165, 1.54) is 23.3 Å². The minimum atomic E-state index is -0.404. The number of benzene rings is 3. The Balaban J connectivity index is 1.65. The number of hydrogen-bond donors (Lipinski definition) is 1. The van der Waals surface area contributed by atoms with Gasteiger partial charge < -0.3 is 10.1 Å². The number of rotatable bonds is 7. The highest BCUT2D eigenvalue weighted by Gasteiger charge is 2.07. The van der Waals surface area contributed by atoms with E-state index in [4.69, 9.17) is 4.74 Å². The summed E-state index contributed by atoms with van der Waals surface area (Å²) >= 11 is 0. The van der Waals surface area contributed by atoms with E-state index in [0.29, 0.717) is 13.2 Å². The summed E-state index contributed by atoms with van der Waals surface area (Å²) in [4.78, 5) is 10.3. The van der Waals surface area contributed by atoms with Crippen LogP contribution in [0.1, 0.15) is 22.3 Å². The molecule has 0 fully saturated rings. The molecule has 0 spiro atoms. The molecule has 3 aromatic rings. The summed E-state index contributed by atoms with van der Waals surface area (Å²) in [6, 6.07) is 20.6. The fourth-order valence-electron chi connectivity index (χ4n) is 2.87. The Kier molecular flexibility index (Phi) is 5.71. The predicted octanol–water partition coefficient (Wildman–Crippen LogP) is 5.40. The van der Waals surface area contributed by atoms with Crippen molar-refractivity contribution in [1.29, 1.82) is 0 Å². The Bertz CT molecular complexity index is 937. The summed E-state index contributed by atoms with van der Waals surface area (Å²) in [5.74, 6) is 0.799. The first kappa shape index (κ1) is 18.5. The zero-order valence-electron chi connectivity index (χ0n) is 15.4. The highest BCUT2D eigenvalue weighted by molar-refractivity contribution is 5.52. The number of nitrogens with zero attached hydrogens (tertiary/aromatic N) is 1. The summed E-state index contributed by atoms with van der Waals surface area (Å²) in [5, 5.41) is 14.2. The van der Waals surface area contributed by atoms with Crippen LogP contribution in [0.2, 0.25) is 0 Å². The normalized spacial score (nSPS) is 10.4. The summed E-state index contributed by atoms with van der Waals surface area (Å²) in [7, 11) is 0. The smallest absolute Gasteiger partial charge is 0.269 e. The van der Waals surface area contributed by atoms with Crippen molar-refractivity contribution in [1.82, 2.24) is 0 Å². The Morgan fingerprint density at radius 1 is 1.00 bits per heavy atom. The number of aryl methyl sites for hydroxylation is 2. The fourth-order valence-corrected chi connectivity index (χ4v) is 2.87. The molecule has 0 amide bonds. The topological polar surface area (TPSA) is 64.4 Å². The molecule has 138 valence electrons. The number of non-ortho nitro benzene ring substituents is 1. The van der Waals surface area contributed by atoms with Crippen LogP contribution in [0.25, 0.3) is 0 Å². The lowest BCUT2D eigenvalue weighted by Gasteiger charge is -2.14. The third kappa shape index (κ3) is 4.85. The van der Waals surface area contributed by atoms with Gasteiger partial charge in [-0.1, -0.05) is 35.9 Å². The van der Waals surface area contributed by atoms with Crippen LogP contribution in [0.5, 0.6) is 5.75 Å². The summed E-state index contributed by atoms with van der Waals surface area (Å²) in [5.41, 5.74) is 5.57. The lowest BCUT2D eigenvalue weighted by molar-refractivity contribution is -0.384. The number of nitrogens with one attached hydrogen (secondary N) is 1. The highest BCUT2D eigenvalue weighted by Crippen LogP contribution is 2.23. The number of nitro groups is 1. The third-order valence-corrected chi connectivity index (χ3v) is 4.37. The molecule has 0 aliphatic rings. The van der Waals surface area contributed by atoms with Crippen molar-refractivity contribution in [3.8, 4) is 5.75 Å². The maximum absolute atomic E-state index is 10.7. The Hall–Kier alpha value is -3.34. The maximum atomic E-state index is 10.7. The molecular formula is C22H22N2O3. The van der Waals surface area contributed by atoms with Gasteiger partial charge in [0.05, 0.1) is 4.92 Å². The zero-order valence-corrected chi connectivity index (χ0v) is 15.4. The van der Waals surface area contributed by atoms with Crippen molar-refractivity contribution in [3.05, 3.63) is 99.1 Å². The fraction of sp³-hybridized carbons (Fsp3) is 0.182. The molecule has 5 heteroatoms. The standard InChI is InChI=1S/C22H22N2O3/c1-16-7-12-21(17(2)13-16)23-14-19-5-3-4-6-22(19)27-15-18-8-10-20(11-9-18)24(25)26/h3-13,23H,14-15H2,1-2H3. The predicted molar refractivity (Wildman–Crippen MR) is 107 cm³/mol. The van der Waals surface area contributed by atoms with Gasteiger partial charge in [-0.3, -0.25) is 10.1 Å². The van der Waals surface area contributed by atoms with E-state index in [0.717, 1.165) is 22.6 Å². The molecule has 0 aliphatic carbocycles. The second kappa shape index (κ2) is 8.36. The average Bonchev–Trinajstić information content (AvgIpc) is 2.66. The molecule has 3 rings (SSSR count). The number of nitro benzene ring substituents is 1.